The molecule has 1 aromatic rings. The van der Waals surface area contributed by atoms with Gasteiger partial charge in [0.05, 0.1) is 19.6 Å². The van der Waals surface area contributed by atoms with Crippen LogP contribution in [0, 0.1) is 0 Å². The minimum atomic E-state index is -2.10. The van der Waals surface area contributed by atoms with Crippen LogP contribution in [-0.2, 0) is 23.5 Å². The number of carbonyl (C=O) groups excluding carboxylic acids is 3. The summed E-state index contributed by atoms with van der Waals surface area (Å²) in [7, 11) is -0.883. The number of ether oxygens (including phenoxy) is 1. The average Bonchev–Trinajstić information content (AvgIpc) is 2.53. The molecule has 5 nitrogen and oxygen atoms in total. The highest BCUT2D eigenvalue weighted by Crippen LogP contribution is 2.40. The van der Waals surface area contributed by atoms with Crippen LogP contribution in [0.3, 0.4) is 0 Å². The second-order valence-corrected chi connectivity index (χ2v) is 12.7. The highest BCUT2D eigenvalue weighted by molar-refractivity contribution is 6.74. The van der Waals surface area contributed by atoms with Gasteiger partial charge in [-0.1, -0.05) is 51.1 Å². The van der Waals surface area contributed by atoms with Crippen LogP contribution in [0.4, 0.5) is 0 Å². The predicted molar refractivity (Wildman–Crippen MR) is 103 cm³/mol. The summed E-state index contributed by atoms with van der Waals surface area (Å²) in [4.78, 5) is 35.4. The maximum absolute atomic E-state index is 12.4. The molecule has 0 aliphatic heterocycles. The summed E-state index contributed by atoms with van der Waals surface area (Å²) in [6, 6.07) is 9.59. The molecule has 0 amide bonds. The van der Waals surface area contributed by atoms with Gasteiger partial charge in [0.1, 0.15) is 12.2 Å². The first-order chi connectivity index (χ1) is 12.0. The second-order valence-electron chi connectivity index (χ2n) is 7.99. The van der Waals surface area contributed by atoms with E-state index in [1.54, 1.807) is 0 Å². The summed E-state index contributed by atoms with van der Waals surface area (Å²) >= 11 is 0. The molecule has 0 fully saturated rings. The molecule has 1 rings (SSSR count). The zero-order valence-corrected chi connectivity index (χ0v) is 17.6. The van der Waals surface area contributed by atoms with E-state index in [0.29, 0.717) is 0 Å². The summed E-state index contributed by atoms with van der Waals surface area (Å²) in [5.74, 6) is -1.28. The van der Waals surface area contributed by atoms with E-state index >= 15 is 0 Å². The Morgan fingerprint density at radius 3 is 2.08 bits per heavy atom. The fraction of sp³-hybridized carbons (Fsp3) is 0.550. The SMILES string of the molecule is COC(=O)CC(=O)CC(=O)CC(O[Si](C)(C)C(C)(C)C)c1ccccc1. The van der Waals surface area contributed by atoms with Crippen LogP contribution in [0.1, 0.15) is 51.7 Å². The van der Waals surface area contributed by atoms with Crippen LogP contribution in [0.2, 0.25) is 18.1 Å². The highest BCUT2D eigenvalue weighted by atomic mass is 28.4. The van der Waals surface area contributed by atoms with Gasteiger partial charge in [0.25, 0.3) is 0 Å². The first kappa shape index (κ1) is 22.2. The van der Waals surface area contributed by atoms with Gasteiger partial charge >= 0.3 is 5.97 Å². The van der Waals surface area contributed by atoms with Gasteiger partial charge in [0.15, 0.2) is 14.1 Å². The molecular weight excluding hydrogens is 348 g/mol. The van der Waals surface area contributed by atoms with Crippen molar-refractivity contribution in [1.82, 2.24) is 0 Å². The average molecular weight is 379 g/mol. The lowest BCUT2D eigenvalue weighted by Gasteiger charge is -2.39. The van der Waals surface area contributed by atoms with Crippen LogP contribution < -0.4 is 0 Å². The van der Waals surface area contributed by atoms with Crippen molar-refractivity contribution >= 4 is 25.9 Å². The third-order valence-corrected chi connectivity index (χ3v) is 9.28. The quantitative estimate of drug-likeness (QED) is 0.365. The highest BCUT2D eigenvalue weighted by Gasteiger charge is 2.39. The maximum Gasteiger partial charge on any atom is 0.313 e. The first-order valence-electron chi connectivity index (χ1n) is 8.79. The third-order valence-electron chi connectivity index (χ3n) is 4.79. The van der Waals surface area contributed by atoms with Crippen molar-refractivity contribution < 1.29 is 23.5 Å². The van der Waals surface area contributed by atoms with E-state index in [-0.39, 0.29) is 30.1 Å². The molecule has 0 saturated carbocycles. The number of carbonyl (C=O) groups is 3. The molecular formula is C20H30O5Si. The van der Waals surface area contributed by atoms with Crippen LogP contribution >= 0.6 is 0 Å². The van der Waals surface area contributed by atoms with Crippen molar-refractivity contribution in [3.05, 3.63) is 35.9 Å². The summed E-state index contributed by atoms with van der Waals surface area (Å²) < 4.78 is 10.9. The number of ketones is 2. The number of benzene rings is 1. The summed E-state index contributed by atoms with van der Waals surface area (Å²) in [5.41, 5.74) is 0.922. The molecule has 0 N–H and O–H groups in total. The molecule has 144 valence electrons. The monoisotopic (exact) mass is 378 g/mol. The molecule has 1 aromatic carbocycles. The van der Waals surface area contributed by atoms with Gasteiger partial charge in [-0.3, -0.25) is 14.4 Å². The lowest BCUT2D eigenvalue weighted by molar-refractivity contribution is -0.143. The second kappa shape index (κ2) is 9.23. The van der Waals surface area contributed by atoms with Crippen molar-refractivity contribution in [3.8, 4) is 0 Å². The van der Waals surface area contributed by atoms with Gasteiger partial charge in [-0.2, -0.15) is 0 Å². The third kappa shape index (κ3) is 6.84. The standard InChI is InChI=1S/C20H30O5Si/c1-20(2,3)26(5,6)25-18(15-10-8-7-9-11-15)13-16(21)12-17(22)14-19(23)24-4/h7-11,18H,12-14H2,1-6H3. The smallest absolute Gasteiger partial charge is 0.313 e. The lowest BCUT2D eigenvalue weighted by Crippen LogP contribution is -2.42. The largest absolute Gasteiger partial charge is 0.469 e. The zero-order chi connectivity index (χ0) is 20.0. The number of hydrogen-bond donors (Lipinski definition) is 0. The molecule has 0 aliphatic rings. The minimum Gasteiger partial charge on any atom is -0.469 e. The van der Waals surface area contributed by atoms with Crippen LogP contribution in [0.25, 0.3) is 0 Å². The van der Waals surface area contributed by atoms with E-state index in [0.717, 1.165) is 5.56 Å². The number of esters is 1. The molecule has 6 heteroatoms. The van der Waals surface area contributed by atoms with Crippen LogP contribution in [0.5, 0.6) is 0 Å². The van der Waals surface area contributed by atoms with E-state index < -0.39 is 26.2 Å². The van der Waals surface area contributed by atoms with Crippen molar-refractivity contribution in [2.45, 2.75) is 64.3 Å². The van der Waals surface area contributed by atoms with E-state index in [1.807, 2.05) is 30.3 Å². The molecule has 0 spiro atoms. The van der Waals surface area contributed by atoms with Gasteiger partial charge in [-0.15, -0.1) is 0 Å². The summed E-state index contributed by atoms with van der Waals surface area (Å²) in [6.45, 7) is 10.7. The van der Waals surface area contributed by atoms with Crippen LogP contribution in [-0.4, -0.2) is 33.0 Å². The van der Waals surface area contributed by atoms with Crippen molar-refractivity contribution in [1.29, 1.82) is 0 Å². The van der Waals surface area contributed by atoms with Gasteiger partial charge in [0.2, 0.25) is 0 Å². The molecule has 26 heavy (non-hydrogen) atoms. The number of methoxy groups -OCH3 is 1. The topological polar surface area (TPSA) is 69.7 Å². The Bertz CT molecular complexity index is 631. The maximum atomic E-state index is 12.4. The Kier molecular flexibility index (Phi) is 7.90. The van der Waals surface area contributed by atoms with E-state index in [1.165, 1.54) is 7.11 Å². The molecule has 1 atom stereocenters. The van der Waals surface area contributed by atoms with Crippen LogP contribution in [0.15, 0.2) is 30.3 Å². The number of hydrogen-bond acceptors (Lipinski definition) is 5. The van der Waals surface area contributed by atoms with E-state index in [4.69, 9.17) is 4.43 Å². The Morgan fingerprint density at radius 2 is 1.58 bits per heavy atom. The van der Waals surface area contributed by atoms with E-state index in [9.17, 15) is 14.4 Å². The van der Waals surface area contributed by atoms with Gasteiger partial charge in [-0.05, 0) is 23.7 Å². The number of rotatable bonds is 9. The first-order valence-corrected chi connectivity index (χ1v) is 11.7. The lowest BCUT2D eigenvalue weighted by atomic mass is 10.0. The summed E-state index contributed by atoms with van der Waals surface area (Å²) in [5, 5.41) is 0.00375. The molecule has 0 aromatic heterocycles. The normalized spacial score (nSPS) is 13.2. The van der Waals surface area contributed by atoms with E-state index in [2.05, 4.69) is 38.6 Å². The van der Waals surface area contributed by atoms with Gasteiger partial charge < -0.3 is 9.16 Å². The Balaban J connectivity index is 2.89. The number of Topliss-reactive ketones (excluding diaryl/α,β-unsaturated/α-hetero) is 2. The fourth-order valence-electron chi connectivity index (χ4n) is 2.22. The van der Waals surface area contributed by atoms with Gasteiger partial charge in [-0.25, -0.2) is 0 Å². The van der Waals surface area contributed by atoms with Crippen molar-refractivity contribution in [2.24, 2.45) is 0 Å². The summed E-state index contributed by atoms with van der Waals surface area (Å²) in [6.07, 6.45) is -0.931. The van der Waals surface area contributed by atoms with Crippen molar-refractivity contribution in [3.63, 3.8) is 0 Å². The fourth-order valence-corrected chi connectivity index (χ4v) is 3.51. The molecule has 1 unspecified atom stereocenters. The van der Waals surface area contributed by atoms with Crippen molar-refractivity contribution in [2.75, 3.05) is 7.11 Å². The Morgan fingerprint density at radius 1 is 1.00 bits per heavy atom. The molecule has 0 bridgehead atoms. The predicted octanol–water partition coefficient (Wildman–Crippen LogP) is 4.23. The molecule has 0 radical (unpaired) electrons. The van der Waals surface area contributed by atoms with Gasteiger partial charge in [0, 0.05) is 6.42 Å². The molecule has 0 heterocycles. The molecule has 0 aliphatic carbocycles. The minimum absolute atomic E-state index is 0.00375. The Labute approximate surface area is 157 Å². The zero-order valence-electron chi connectivity index (χ0n) is 16.6. The Hall–Kier alpha value is -1.79. The molecule has 0 saturated heterocycles.